The Bertz CT molecular complexity index is 1030. The van der Waals surface area contributed by atoms with E-state index in [1.807, 2.05) is 24.3 Å². The van der Waals surface area contributed by atoms with Gasteiger partial charge in [-0.2, -0.15) is 5.10 Å². The third kappa shape index (κ3) is 3.15. The van der Waals surface area contributed by atoms with E-state index in [0.29, 0.717) is 12.1 Å². The van der Waals surface area contributed by atoms with Crippen molar-refractivity contribution in [1.82, 2.24) is 19.2 Å². The molecule has 0 aliphatic carbocycles. The van der Waals surface area contributed by atoms with Gasteiger partial charge in [-0.3, -0.25) is 14.3 Å². The van der Waals surface area contributed by atoms with E-state index in [-0.39, 0.29) is 11.3 Å². The molecule has 0 N–H and O–H groups in total. The monoisotopic (exact) mass is 355 g/mol. The van der Waals surface area contributed by atoms with Crippen LogP contribution in [0.2, 0.25) is 0 Å². The predicted octanol–water partition coefficient (Wildman–Crippen LogP) is 0.510. The van der Waals surface area contributed by atoms with Crippen LogP contribution in [0.3, 0.4) is 0 Å². The van der Waals surface area contributed by atoms with Gasteiger partial charge in [0.2, 0.25) is 0 Å². The maximum absolute atomic E-state index is 12.0. The fourth-order valence-electron chi connectivity index (χ4n) is 3.33. The van der Waals surface area contributed by atoms with E-state index >= 15 is 0 Å². The SMILES string of the molecule is Cn1ncc(N2CCN(CCn3c(=O)oc4ccccc43)CC2)cc1=O. The Kier molecular flexibility index (Phi) is 4.34. The number of hydrogen-bond donors (Lipinski definition) is 0. The summed E-state index contributed by atoms with van der Waals surface area (Å²) in [7, 11) is 1.64. The molecule has 4 rings (SSSR count). The molecule has 0 unspecified atom stereocenters. The van der Waals surface area contributed by atoms with Crippen LogP contribution in [0.5, 0.6) is 0 Å². The highest BCUT2D eigenvalue weighted by Crippen LogP contribution is 2.14. The van der Waals surface area contributed by atoms with Crippen molar-refractivity contribution >= 4 is 16.8 Å². The van der Waals surface area contributed by atoms with E-state index in [1.54, 1.807) is 23.9 Å². The minimum Gasteiger partial charge on any atom is -0.408 e. The van der Waals surface area contributed by atoms with Crippen molar-refractivity contribution in [3.8, 4) is 0 Å². The number of benzene rings is 1. The van der Waals surface area contributed by atoms with Crippen molar-refractivity contribution in [2.45, 2.75) is 6.54 Å². The van der Waals surface area contributed by atoms with Crippen LogP contribution >= 0.6 is 0 Å². The van der Waals surface area contributed by atoms with Gasteiger partial charge in [-0.25, -0.2) is 9.48 Å². The van der Waals surface area contributed by atoms with Crippen LogP contribution in [-0.4, -0.2) is 52.0 Å². The molecule has 1 aromatic carbocycles. The molecule has 0 spiro atoms. The molecule has 0 amide bonds. The highest BCUT2D eigenvalue weighted by atomic mass is 16.4. The Morgan fingerprint density at radius 2 is 1.85 bits per heavy atom. The lowest BCUT2D eigenvalue weighted by atomic mass is 10.3. The van der Waals surface area contributed by atoms with Crippen molar-refractivity contribution < 1.29 is 4.42 Å². The minimum atomic E-state index is -0.309. The molecule has 2 aromatic heterocycles. The topological polar surface area (TPSA) is 76.5 Å². The molecular weight excluding hydrogens is 334 g/mol. The number of hydrogen-bond acceptors (Lipinski definition) is 6. The van der Waals surface area contributed by atoms with Crippen molar-refractivity contribution in [1.29, 1.82) is 0 Å². The van der Waals surface area contributed by atoms with Crippen LogP contribution in [0, 0.1) is 0 Å². The van der Waals surface area contributed by atoms with E-state index in [2.05, 4.69) is 14.9 Å². The first kappa shape index (κ1) is 16.6. The summed E-state index contributed by atoms with van der Waals surface area (Å²) < 4.78 is 8.29. The van der Waals surface area contributed by atoms with E-state index in [4.69, 9.17) is 4.42 Å². The molecule has 3 heterocycles. The van der Waals surface area contributed by atoms with E-state index in [1.165, 1.54) is 4.68 Å². The number of para-hydroxylation sites is 2. The van der Waals surface area contributed by atoms with Gasteiger partial charge in [0.1, 0.15) is 0 Å². The van der Waals surface area contributed by atoms with Gasteiger partial charge in [0.25, 0.3) is 5.56 Å². The molecular formula is C18H21N5O3. The van der Waals surface area contributed by atoms with Crippen molar-refractivity contribution in [2.75, 3.05) is 37.6 Å². The average Bonchev–Trinajstić information content (AvgIpc) is 2.98. The number of anilines is 1. The standard InChI is InChI=1S/C18H21N5O3/c1-20-17(24)12-14(13-19-20)22-9-6-21(7-10-22)8-11-23-15-4-2-3-5-16(15)26-18(23)25/h2-5,12-13H,6-11H2,1H3. The highest BCUT2D eigenvalue weighted by Gasteiger charge is 2.18. The number of aryl methyl sites for hydroxylation is 1. The lowest BCUT2D eigenvalue weighted by Gasteiger charge is -2.35. The minimum absolute atomic E-state index is 0.101. The molecule has 1 saturated heterocycles. The lowest BCUT2D eigenvalue weighted by molar-refractivity contribution is 0.246. The third-order valence-electron chi connectivity index (χ3n) is 4.90. The van der Waals surface area contributed by atoms with E-state index in [9.17, 15) is 9.59 Å². The van der Waals surface area contributed by atoms with Gasteiger partial charge in [0.05, 0.1) is 17.4 Å². The van der Waals surface area contributed by atoms with Crippen LogP contribution in [0.1, 0.15) is 0 Å². The number of aromatic nitrogens is 3. The summed E-state index contributed by atoms with van der Waals surface area (Å²) in [5.74, 6) is -0.309. The zero-order chi connectivity index (χ0) is 18.1. The van der Waals surface area contributed by atoms with Gasteiger partial charge in [0, 0.05) is 52.4 Å². The molecule has 3 aromatic rings. The largest absolute Gasteiger partial charge is 0.419 e. The molecule has 26 heavy (non-hydrogen) atoms. The Morgan fingerprint density at radius 3 is 2.62 bits per heavy atom. The van der Waals surface area contributed by atoms with Crippen molar-refractivity contribution in [3.05, 3.63) is 57.4 Å². The maximum atomic E-state index is 12.0. The van der Waals surface area contributed by atoms with Crippen LogP contribution in [0.4, 0.5) is 5.69 Å². The van der Waals surface area contributed by atoms with Crippen LogP contribution in [0.25, 0.3) is 11.1 Å². The number of fused-ring (bicyclic) bond motifs is 1. The smallest absolute Gasteiger partial charge is 0.408 e. The normalized spacial score (nSPS) is 15.7. The number of oxazole rings is 1. The number of piperazine rings is 1. The Labute approximate surface area is 149 Å². The second-order valence-electron chi connectivity index (χ2n) is 6.49. The summed E-state index contributed by atoms with van der Waals surface area (Å²) in [6.07, 6.45) is 1.73. The second kappa shape index (κ2) is 6.80. The number of nitrogens with zero attached hydrogens (tertiary/aromatic N) is 5. The maximum Gasteiger partial charge on any atom is 0.419 e. The van der Waals surface area contributed by atoms with Crippen LogP contribution in [-0.2, 0) is 13.6 Å². The van der Waals surface area contributed by atoms with Gasteiger partial charge >= 0.3 is 5.76 Å². The van der Waals surface area contributed by atoms with Crippen molar-refractivity contribution in [3.63, 3.8) is 0 Å². The summed E-state index contributed by atoms with van der Waals surface area (Å²) in [5, 5.41) is 4.08. The van der Waals surface area contributed by atoms with Gasteiger partial charge in [-0.05, 0) is 12.1 Å². The third-order valence-corrected chi connectivity index (χ3v) is 4.90. The summed E-state index contributed by atoms with van der Waals surface area (Å²) in [6, 6.07) is 9.11. The molecule has 136 valence electrons. The first-order chi connectivity index (χ1) is 12.6. The summed E-state index contributed by atoms with van der Waals surface area (Å²) in [4.78, 5) is 28.3. The highest BCUT2D eigenvalue weighted by molar-refractivity contribution is 5.72. The lowest BCUT2D eigenvalue weighted by Crippen LogP contribution is -2.47. The molecule has 0 radical (unpaired) electrons. The van der Waals surface area contributed by atoms with E-state index < -0.39 is 0 Å². The molecule has 1 fully saturated rings. The van der Waals surface area contributed by atoms with Gasteiger partial charge in [-0.1, -0.05) is 12.1 Å². The Hall–Kier alpha value is -2.87. The zero-order valence-electron chi connectivity index (χ0n) is 14.7. The average molecular weight is 355 g/mol. The fourth-order valence-corrected chi connectivity index (χ4v) is 3.33. The summed E-state index contributed by atoms with van der Waals surface area (Å²) >= 11 is 0. The first-order valence-electron chi connectivity index (χ1n) is 8.71. The zero-order valence-corrected chi connectivity index (χ0v) is 14.7. The summed E-state index contributed by atoms with van der Waals surface area (Å²) in [5.41, 5.74) is 2.23. The molecule has 8 nitrogen and oxygen atoms in total. The molecule has 0 saturated carbocycles. The molecule has 0 atom stereocenters. The fraction of sp³-hybridized carbons (Fsp3) is 0.389. The van der Waals surface area contributed by atoms with E-state index in [0.717, 1.165) is 43.9 Å². The molecule has 1 aliphatic rings. The molecule has 1 aliphatic heterocycles. The second-order valence-corrected chi connectivity index (χ2v) is 6.49. The summed E-state index contributed by atoms with van der Waals surface area (Å²) in [6.45, 7) is 4.79. The van der Waals surface area contributed by atoms with Crippen LogP contribution in [0.15, 0.2) is 50.5 Å². The van der Waals surface area contributed by atoms with Gasteiger partial charge in [-0.15, -0.1) is 0 Å². The van der Waals surface area contributed by atoms with Crippen molar-refractivity contribution in [2.24, 2.45) is 7.05 Å². The molecule has 8 heteroatoms. The quantitative estimate of drug-likeness (QED) is 0.679. The number of rotatable bonds is 4. The van der Waals surface area contributed by atoms with Crippen LogP contribution < -0.4 is 16.2 Å². The Morgan fingerprint density at radius 1 is 1.08 bits per heavy atom. The first-order valence-corrected chi connectivity index (χ1v) is 8.71. The predicted molar refractivity (Wildman–Crippen MR) is 98.6 cm³/mol. The van der Waals surface area contributed by atoms with Gasteiger partial charge < -0.3 is 9.32 Å². The van der Waals surface area contributed by atoms with Gasteiger partial charge in [0.15, 0.2) is 5.58 Å². The Balaban J connectivity index is 1.38. The molecule has 0 bridgehead atoms.